The van der Waals surface area contributed by atoms with Crippen LogP contribution in [-0.2, 0) is 11.4 Å². The van der Waals surface area contributed by atoms with Crippen LogP contribution >= 0.6 is 0 Å². The normalized spacial score (nSPS) is 11.8. The van der Waals surface area contributed by atoms with Crippen LogP contribution in [0.3, 0.4) is 0 Å². The first-order valence-corrected chi connectivity index (χ1v) is 7.52. The Balaban J connectivity index is 2.40. The SMILES string of the molecule is CN(c1cc(B(O)O)cc(C(N)=O)c1)[S+]([O-])c1ccccc1. The maximum absolute atomic E-state index is 12.5. The zero-order chi connectivity index (χ0) is 16.3. The number of benzene rings is 2. The van der Waals surface area contributed by atoms with Crippen LogP contribution in [0.1, 0.15) is 10.4 Å². The second kappa shape index (κ2) is 6.84. The van der Waals surface area contributed by atoms with Gasteiger partial charge in [0.05, 0.1) is 12.7 Å². The van der Waals surface area contributed by atoms with Gasteiger partial charge in [0.2, 0.25) is 5.91 Å². The fourth-order valence-electron chi connectivity index (χ4n) is 1.90. The van der Waals surface area contributed by atoms with Crippen LogP contribution in [0.2, 0.25) is 0 Å². The van der Waals surface area contributed by atoms with Crippen molar-refractivity contribution in [2.45, 2.75) is 4.90 Å². The van der Waals surface area contributed by atoms with Crippen molar-refractivity contribution in [3.8, 4) is 0 Å². The van der Waals surface area contributed by atoms with Gasteiger partial charge in [-0.1, -0.05) is 18.2 Å². The summed E-state index contributed by atoms with van der Waals surface area (Å²) >= 11 is -1.50. The number of anilines is 1. The molecule has 0 bridgehead atoms. The topological polar surface area (TPSA) is 110 Å². The highest BCUT2D eigenvalue weighted by Gasteiger charge is 2.22. The molecular weight excluding hydrogens is 303 g/mol. The van der Waals surface area contributed by atoms with Gasteiger partial charge in [-0.05, 0) is 35.8 Å². The number of hydrogen-bond acceptors (Lipinski definition) is 5. The van der Waals surface area contributed by atoms with Crippen LogP contribution in [0.5, 0.6) is 0 Å². The molecule has 6 nitrogen and oxygen atoms in total. The number of nitrogens with zero attached hydrogens (tertiary/aromatic N) is 1. The molecule has 0 saturated carbocycles. The van der Waals surface area contributed by atoms with E-state index in [4.69, 9.17) is 5.73 Å². The molecule has 1 unspecified atom stereocenters. The van der Waals surface area contributed by atoms with Crippen molar-refractivity contribution in [1.82, 2.24) is 0 Å². The van der Waals surface area contributed by atoms with Crippen molar-refractivity contribution in [3.05, 3.63) is 54.1 Å². The molecule has 0 aliphatic carbocycles. The molecule has 0 heterocycles. The Hall–Kier alpha value is -2.00. The molecule has 0 fully saturated rings. The predicted molar refractivity (Wildman–Crippen MR) is 86.0 cm³/mol. The van der Waals surface area contributed by atoms with E-state index in [-0.39, 0.29) is 11.0 Å². The third-order valence-electron chi connectivity index (χ3n) is 3.08. The van der Waals surface area contributed by atoms with E-state index in [0.29, 0.717) is 10.6 Å². The second-order valence-electron chi connectivity index (χ2n) is 4.61. The van der Waals surface area contributed by atoms with Crippen LogP contribution in [0.15, 0.2) is 53.4 Å². The smallest absolute Gasteiger partial charge is 0.488 e. The Morgan fingerprint density at radius 3 is 2.41 bits per heavy atom. The minimum atomic E-state index is -1.75. The molecule has 114 valence electrons. The largest absolute Gasteiger partial charge is 0.588 e. The standard InChI is InChI=1S/C14H15BN2O4S/c1-17(22(21)13-5-3-2-4-6-13)12-8-10(14(16)18)7-11(9-12)15(19)20/h2-9,19-20H,1H3,(H2,16,18). The van der Waals surface area contributed by atoms with Crippen molar-refractivity contribution in [3.63, 3.8) is 0 Å². The average molecular weight is 318 g/mol. The number of amides is 1. The maximum atomic E-state index is 12.5. The highest BCUT2D eigenvalue weighted by molar-refractivity contribution is 7.92. The molecule has 1 atom stereocenters. The van der Waals surface area contributed by atoms with Crippen LogP contribution in [0, 0.1) is 0 Å². The monoisotopic (exact) mass is 318 g/mol. The summed E-state index contributed by atoms with van der Waals surface area (Å²) < 4.78 is 13.9. The van der Waals surface area contributed by atoms with Gasteiger partial charge in [0.1, 0.15) is 11.4 Å². The van der Waals surface area contributed by atoms with E-state index in [9.17, 15) is 19.4 Å². The lowest BCUT2D eigenvalue weighted by Gasteiger charge is -2.22. The van der Waals surface area contributed by atoms with E-state index in [0.717, 1.165) is 0 Å². The number of primary amides is 1. The molecule has 22 heavy (non-hydrogen) atoms. The van der Waals surface area contributed by atoms with Gasteiger partial charge in [0.15, 0.2) is 4.90 Å². The van der Waals surface area contributed by atoms with Crippen molar-refractivity contribution in [1.29, 1.82) is 0 Å². The van der Waals surface area contributed by atoms with Gasteiger partial charge in [-0.3, -0.25) is 4.79 Å². The quantitative estimate of drug-likeness (QED) is 0.514. The summed E-state index contributed by atoms with van der Waals surface area (Å²) in [5.74, 6) is -0.706. The lowest BCUT2D eigenvalue weighted by Crippen LogP contribution is -2.34. The number of nitrogens with two attached hydrogens (primary N) is 1. The fourth-order valence-corrected chi connectivity index (χ4v) is 2.90. The van der Waals surface area contributed by atoms with Crippen molar-refractivity contribution < 1.29 is 19.4 Å². The van der Waals surface area contributed by atoms with Crippen LogP contribution < -0.4 is 15.5 Å². The van der Waals surface area contributed by atoms with Crippen molar-refractivity contribution >= 4 is 35.5 Å². The Kier molecular flexibility index (Phi) is 5.09. The lowest BCUT2D eigenvalue weighted by atomic mass is 9.79. The molecule has 2 aromatic carbocycles. The van der Waals surface area contributed by atoms with Gasteiger partial charge in [-0.15, -0.1) is 0 Å². The van der Waals surface area contributed by atoms with Crippen LogP contribution in [0.4, 0.5) is 5.69 Å². The Labute approximate surface area is 131 Å². The summed E-state index contributed by atoms with van der Waals surface area (Å²) in [6.07, 6.45) is 0. The van der Waals surface area contributed by atoms with E-state index in [2.05, 4.69) is 0 Å². The van der Waals surface area contributed by atoms with E-state index in [1.54, 1.807) is 31.3 Å². The van der Waals surface area contributed by atoms with Crippen LogP contribution in [0.25, 0.3) is 0 Å². The van der Waals surface area contributed by atoms with Gasteiger partial charge in [-0.2, -0.15) is 4.31 Å². The average Bonchev–Trinajstić information content (AvgIpc) is 2.53. The Morgan fingerprint density at radius 1 is 1.23 bits per heavy atom. The highest BCUT2D eigenvalue weighted by atomic mass is 32.2. The number of rotatable bonds is 5. The molecule has 0 spiro atoms. The first-order valence-electron chi connectivity index (χ1n) is 6.41. The first kappa shape index (κ1) is 16.4. The molecule has 2 rings (SSSR count). The van der Waals surface area contributed by atoms with Gasteiger partial charge in [0.25, 0.3) is 0 Å². The molecule has 0 aromatic heterocycles. The summed E-state index contributed by atoms with van der Waals surface area (Å²) in [6.45, 7) is 0. The second-order valence-corrected chi connectivity index (χ2v) is 6.13. The zero-order valence-corrected chi connectivity index (χ0v) is 12.7. The summed E-state index contributed by atoms with van der Waals surface area (Å²) in [4.78, 5) is 11.9. The third kappa shape index (κ3) is 3.60. The molecular formula is C14H15BN2O4S. The summed E-state index contributed by atoms with van der Waals surface area (Å²) in [5.41, 5.74) is 5.84. The van der Waals surface area contributed by atoms with E-state index in [1.807, 2.05) is 6.07 Å². The van der Waals surface area contributed by atoms with Gasteiger partial charge in [0, 0.05) is 5.56 Å². The minimum absolute atomic E-state index is 0.100. The van der Waals surface area contributed by atoms with Gasteiger partial charge in [-0.25, -0.2) is 0 Å². The Bertz CT molecular complexity index is 669. The fraction of sp³-hybridized carbons (Fsp3) is 0.0714. The molecule has 0 radical (unpaired) electrons. The van der Waals surface area contributed by atoms with E-state index in [1.165, 1.54) is 22.5 Å². The first-order chi connectivity index (χ1) is 10.4. The molecule has 0 aliphatic heterocycles. The van der Waals surface area contributed by atoms with Crippen LogP contribution in [-0.4, -0.2) is 34.7 Å². The molecule has 0 saturated heterocycles. The Morgan fingerprint density at radius 2 is 1.86 bits per heavy atom. The molecule has 0 aliphatic rings. The number of hydrogen-bond donors (Lipinski definition) is 3. The molecule has 1 amide bonds. The highest BCUT2D eigenvalue weighted by Crippen LogP contribution is 2.22. The zero-order valence-electron chi connectivity index (χ0n) is 11.8. The summed E-state index contributed by atoms with van der Waals surface area (Å²) in [7, 11) is -0.173. The number of carbonyl (C=O) groups excluding carboxylic acids is 1. The van der Waals surface area contributed by atoms with Gasteiger partial charge >= 0.3 is 7.12 Å². The molecule has 4 N–H and O–H groups in total. The summed E-state index contributed by atoms with van der Waals surface area (Å²) in [6, 6.07) is 13.0. The summed E-state index contributed by atoms with van der Waals surface area (Å²) in [5, 5.41) is 18.6. The third-order valence-corrected chi connectivity index (χ3v) is 4.46. The molecule has 2 aromatic rings. The minimum Gasteiger partial charge on any atom is -0.588 e. The molecule has 8 heteroatoms. The lowest BCUT2D eigenvalue weighted by molar-refractivity contribution is 0.100. The van der Waals surface area contributed by atoms with Crippen molar-refractivity contribution in [2.24, 2.45) is 5.73 Å². The van der Waals surface area contributed by atoms with E-state index >= 15 is 0 Å². The number of carbonyl (C=O) groups is 1. The van der Waals surface area contributed by atoms with Crippen molar-refractivity contribution in [2.75, 3.05) is 11.4 Å². The predicted octanol–water partition coefficient (Wildman–Crippen LogP) is -0.376. The van der Waals surface area contributed by atoms with E-state index < -0.39 is 24.4 Å². The maximum Gasteiger partial charge on any atom is 0.488 e. The van der Waals surface area contributed by atoms with Gasteiger partial charge < -0.3 is 20.3 Å².